The molecule has 0 unspecified atom stereocenters. The van der Waals surface area contributed by atoms with Crippen LogP contribution in [0, 0.1) is 0 Å². The number of amides is 2. The van der Waals surface area contributed by atoms with Crippen molar-refractivity contribution in [2.24, 2.45) is 0 Å². The monoisotopic (exact) mass is 357 g/mol. The summed E-state index contributed by atoms with van der Waals surface area (Å²) in [5, 5.41) is 7.52. The highest BCUT2D eigenvalue weighted by Gasteiger charge is 2.14. The van der Waals surface area contributed by atoms with E-state index in [0.29, 0.717) is 12.1 Å². The summed E-state index contributed by atoms with van der Waals surface area (Å²) in [7, 11) is 3.98. The van der Waals surface area contributed by atoms with E-state index in [-0.39, 0.29) is 17.5 Å². The average Bonchev–Trinajstić information content (AvgIpc) is 3.11. The first kappa shape index (κ1) is 18.9. The van der Waals surface area contributed by atoms with Crippen LogP contribution in [0.4, 0.5) is 0 Å². The van der Waals surface area contributed by atoms with Crippen molar-refractivity contribution in [3.8, 4) is 0 Å². The number of nitrogens with one attached hydrogen (secondary N) is 2. The fourth-order valence-electron chi connectivity index (χ4n) is 2.15. The standard InChI is InChI=1S/C19H23N3O2S/c1-22(2)12-7-11-20-19(24)17(14-16-10-6-13-25-16)21-18(23)15-8-4-3-5-9-15/h3-6,8-10,13-14H,7,11-12H2,1-2H3,(H,20,24)(H,21,23)/b17-14-. The highest BCUT2D eigenvalue weighted by atomic mass is 32.1. The predicted molar refractivity (Wildman–Crippen MR) is 102 cm³/mol. The van der Waals surface area contributed by atoms with E-state index in [1.165, 1.54) is 11.3 Å². The Kier molecular flexibility index (Phi) is 7.37. The summed E-state index contributed by atoms with van der Waals surface area (Å²) in [5.41, 5.74) is 0.765. The third-order valence-corrected chi connectivity index (χ3v) is 4.25. The summed E-state index contributed by atoms with van der Waals surface area (Å²) in [6.45, 7) is 1.45. The topological polar surface area (TPSA) is 61.4 Å². The molecule has 0 spiro atoms. The minimum atomic E-state index is -0.299. The number of hydrogen-bond donors (Lipinski definition) is 2. The molecule has 1 heterocycles. The van der Waals surface area contributed by atoms with Gasteiger partial charge in [0.1, 0.15) is 5.70 Å². The van der Waals surface area contributed by atoms with Gasteiger partial charge < -0.3 is 15.5 Å². The van der Waals surface area contributed by atoms with Crippen molar-refractivity contribution in [1.82, 2.24) is 15.5 Å². The maximum absolute atomic E-state index is 12.5. The van der Waals surface area contributed by atoms with Gasteiger partial charge in [0.15, 0.2) is 0 Å². The first-order valence-corrected chi connectivity index (χ1v) is 8.99. The third-order valence-electron chi connectivity index (χ3n) is 3.43. The second-order valence-corrected chi connectivity index (χ2v) is 6.79. The first-order chi connectivity index (χ1) is 12.1. The van der Waals surface area contributed by atoms with Crippen molar-refractivity contribution in [3.63, 3.8) is 0 Å². The van der Waals surface area contributed by atoms with Gasteiger partial charge in [0.05, 0.1) is 0 Å². The number of rotatable bonds is 8. The Morgan fingerprint density at radius 1 is 1.12 bits per heavy atom. The summed E-state index contributed by atoms with van der Waals surface area (Å²) < 4.78 is 0. The normalized spacial score (nSPS) is 11.4. The van der Waals surface area contributed by atoms with Gasteiger partial charge in [-0.2, -0.15) is 0 Å². The zero-order valence-corrected chi connectivity index (χ0v) is 15.3. The van der Waals surface area contributed by atoms with Crippen LogP contribution in [0.15, 0.2) is 53.5 Å². The van der Waals surface area contributed by atoms with Crippen LogP contribution in [-0.2, 0) is 4.79 Å². The Morgan fingerprint density at radius 3 is 2.52 bits per heavy atom. The highest BCUT2D eigenvalue weighted by Crippen LogP contribution is 2.13. The molecule has 25 heavy (non-hydrogen) atoms. The van der Waals surface area contributed by atoms with Crippen LogP contribution in [0.25, 0.3) is 6.08 Å². The Balaban J connectivity index is 2.05. The van der Waals surface area contributed by atoms with Crippen LogP contribution < -0.4 is 10.6 Å². The van der Waals surface area contributed by atoms with Crippen molar-refractivity contribution in [2.75, 3.05) is 27.2 Å². The van der Waals surface area contributed by atoms with E-state index in [1.54, 1.807) is 30.3 Å². The molecule has 132 valence electrons. The van der Waals surface area contributed by atoms with E-state index >= 15 is 0 Å². The van der Waals surface area contributed by atoms with Crippen LogP contribution in [0.5, 0.6) is 0 Å². The quantitative estimate of drug-likeness (QED) is 0.564. The molecule has 0 radical (unpaired) electrons. The third kappa shape index (κ3) is 6.52. The van der Waals surface area contributed by atoms with Crippen LogP contribution in [0.2, 0.25) is 0 Å². The molecular formula is C19H23N3O2S. The Hall–Kier alpha value is -2.44. The molecule has 0 aliphatic rings. The van der Waals surface area contributed by atoms with Crippen LogP contribution in [-0.4, -0.2) is 43.9 Å². The second kappa shape index (κ2) is 9.76. The molecular weight excluding hydrogens is 334 g/mol. The molecule has 0 aliphatic heterocycles. The molecule has 6 heteroatoms. The van der Waals surface area contributed by atoms with Gasteiger partial charge in [-0.1, -0.05) is 24.3 Å². The summed E-state index contributed by atoms with van der Waals surface area (Å²) in [6, 6.07) is 12.7. The number of thiophene rings is 1. The Bertz CT molecular complexity index is 710. The molecule has 0 bridgehead atoms. The van der Waals surface area contributed by atoms with Gasteiger partial charge in [-0.25, -0.2) is 0 Å². The highest BCUT2D eigenvalue weighted by molar-refractivity contribution is 7.10. The summed E-state index contributed by atoms with van der Waals surface area (Å²) in [6.07, 6.45) is 2.55. The predicted octanol–water partition coefficient (Wildman–Crippen LogP) is 2.59. The minimum absolute atomic E-state index is 0.251. The molecule has 2 amide bonds. The van der Waals surface area contributed by atoms with Crippen LogP contribution in [0.3, 0.4) is 0 Å². The molecule has 5 nitrogen and oxygen atoms in total. The molecule has 0 aliphatic carbocycles. The number of carbonyl (C=O) groups is 2. The fourth-order valence-corrected chi connectivity index (χ4v) is 2.81. The Labute approximate surface area is 152 Å². The molecule has 1 aromatic heterocycles. The van der Waals surface area contributed by atoms with Gasteiger partial charge in [0.25, 0.3) is 11.8 Å². The van der Waals surface area contributed by atoms with Crippen molar-refractivity contribution in [1.29, 1.82) is 0 Å². The van der Waals surface area contributed by atoms with Gasteiger partial charge in [0.2, 0.25) is 0 Å². The van der Waals surface area contributed by atoms with Crippen molar-refractivity contribution < 1.29 is 9.59 Å². The van der Waals surface area contributed by atoms with E-state index in [2.05, 4.69) is 15.5 Å². The number of benzene rings is 1. The number of nitrogens with zero attached hydrogens (tertiary/aromatic N) is 1. The zero-order valence-electron chi connectivity index (χ0n) is 14.5. The fraction of sp³-hybridized carbons (Fsp3) is 0.263. The molecule has 0 atom stereocenters. The maximum atomic E-state index is 12.5. The van der Waals surface area contributed by atoms with Crippen molar-refractivity contribution in [2.45, 2.75) is 6.42 Å². The lowest BCUT2D eigenvalue weighted by Crippen LogP contribution is -2.35. The zero-order chi connectivity index (χ0) is 18.1. The SMILES string of the molecule is CN(C)CCCNC(=O)/C(=C/c1cccs1)NC(=O)c1ccccc1. The van der Waals surface area contributed by atoms with Gasteiger partial charge in [-0.05, 0) is 56.7 Å². The molecule has 0 saturated heterocycles. The molecule has 2 N–H and O–H groups in total. The maximum Gasteiger partial charge on any atom is 0.267 e. The molecule has 2 rings (SSSR count). The van der Waals surface area contributed by atoms with Gasteiger partial charge >= 0.3 is 0 Å². The lowest BCUT2D eigenvalue weighted by Gasteiger charge is -2.12. The lowest BCUT2D eigenvalue weighted by molar-refractivity contribution is -0.117. The van der Waals surface area contributed by atoms with Crippen LogP contribution >= 0.6 is 11.3 Å². The van der Waals surface area contributed by atoms with E-state index in [4.69, 9.17) is 0 Å². The summed E-state index contributed by atoms with van der Waals surface area (Å²) in [5.74, 6) is -0.580. The second-order valence-electron chi connectivity index (χ2n) is 5.81. The van der Waals surface area contributed by atoms with E-state index in [0.717, 1.165) is 17.8 Å². The van der Waals surface area contributed by atoms with E-state index < -0.39 is 0 Å². The lowest BCUT2D eigenvalue weighted by atomic mass is 10.2. The smallest absolute Gasteiger partial charge is 0.267 e. The van der Waals surface area contributed by atoms with Gasteiger partial charge in [0, 0.05) is 17.0 Å². The van der Waals surface area contributed by atoms with E-state index in [1.807, 2.05) is 37.7 Å². The summed E-state index contributed by atoms with van der Waals surface area (Å²) >= 11 is 1.51. The first-order valence-electron chi connectivity index (χ1n) is 8.11. The minimum Gasteiger partial charge on any atom is -0.351 e. The van der Waals surface area contributed by atoms with Crippen molar-refractivity contribution >= 4 is 29.2 Å². The average molecular weight is 357 g/mol. The molecule has 2 aromatic rings. The van der Waals surface area contributed by atoms with E-state index in [9.17, 15) is 9.59 Å². The molecule has 0 fully saturated rings. The van der Waals surface area contributed by atoms with Crippen LogP contribution in [0.1, 0.15) is 21.7 Å². The van der Waals surface area contributed by atoms with Gasteiger partial charge in [-0.3, -0.25) is 9.59 Å². The van der Waals surface area contributed by atoms with Crippen molar-refractivity contribution in [3.05, 3.63) is 64.0 Å². The molecule has 1 aromatic carbocycles. The molecule has 0 saturated carbocycles. The number of carbonyl (C=O) groups excluding carboxylic acids is 2. The Morgan fingerprint density at radius 2 is 1.88 bits per heavy atom. The number of hydrogen-bond acceptors (Lipinski definition) is 4. The van der Waals surface area contributed by atoms with Gasteiger partial charge in [-0.15, -0.1) is 11.3 Å². The summed E-state index contributed by atoms with van der Waals surface area (Å²) in [4.78, 5) is 27.8. The largest absolute Gasteiger partial charge is 0.351 e.